The predicted octanol–water partition coefficient (Wildman–Crippen LogP) is 3.21. The van der Waals surface area contributed by atoms with Crippen molar-refractivity contribution in [2.75, 3.05) is 0 Å². The van der Waals surface area contributed by atoms with E-state index in [2.05, 4.69) is 48.6 Å². The molecule has 0 N–H and O–H groups in total. The molecule has 70 valence electrons. The van der Waals surface area contributed by atoms with Gasteiger partial charge in [0.1, 0.15) is 0 Å². The Kier molecular flexibility index (Phi) is 2.39. The fourth-order valence-electron chi connectivity index (χ4n) is 1.75. The van der Waals surface area contributed by atoms with Crippen LogP contribution in [0.3, 0.4) is 0 Å². The number of terminal acetylenes is 1. The Morgan fingerprint density at radius 2 is 2.07 bits per heavy atom. The van der Waals surface area contributed by atoms with E-state index in [9.17, 15) is 0 Å². The third-order valence-corrected chi connectivity index (χ3v) is 3.91. The fraction of sp³-hybridized carbons (Fsp3) is 0.231. The van der Waals surface area contributed by atoms with E-state index in [4.69, 9.17) is 6.42 Å². The molecule has 0 nitrogen and oxygen atoms in total. The van der Waals surface area contributed by atoms with Crippen LogP contribution in [0.5, 0.6) is 0 Å². The Labute approximate surface area is 89.4 Å². The Bertz CT molecular complexity index is 385. The van der Waals surface area contributed by atoms with Gasteiger partial charge in [-0.05, 0) is 17.9 Å². The lowest BCUT2D eigenvalue weighted by Gasteiger charge is -2.26. The molecule has 1 heteroatoms. The number of hydrogen-bond donors (Lipinski definition) is 0. The molecule has 0 radical (unpaired) electrons. The third kappa shape index (κ3) is 1.36. The maximum atomic E-state index is 5.54. The molecule has 1 aromatic rings. The van der Waals surface area contributed by atoms with Gasteiger partial charge in [-0.1, -0.05) is 42.3 Å². The van der Waals surface area contributed by atoms with E-state index < -0.39 is 0 Å². The highest BCUT2D eigenvalue weighted by molar-refractivity contribution is 8.03. The zero-order chi connectivity index (χ0) is 10.0. The first kappa shape index (κ1) is 9.43. The van der Waals surface area contributed by atoms with E-state index in [1.807, 2.05) is 6.07 Å². The highest BCUT2D eigenvalue weighted by Crippen LogP contribution is 2.42. The van der Waals surface area contributed by atoms with Gasteiger partial charge < -0.3 is 0 Å². The minimum absolute atomic E-state index is 0.000671. The first-order valence-corrected chi connectivity index (χ1v) is 5.56. The van der Waals surface area contributed by atoms with Crippen molar-refractivity contribution in [3.05, 3.63) is 47.4 Å². The lowest BCUT2D eigenvalue weighted by atomic mass is 9.80. The van der Waals surface area contributed by atoms with Crippen LogP contribution in [0.4, 0.5) is 0 Å². The number of thioether (sulfide) groups is 1. The van der Waals surface area contributed by atoms with Crippen molar-refractivity contribution in [3.63, 3.8) is 0 Å². The molecular formula is C13H12S. The Morgan fingerprint density at radius 3 is 2.71 bits per heavy atom. The number of allylic oxidation sites excluding steroid dienone is 1. The molecule has 0 aliphatic carbocycles. The largest absolute Gasteiger partial charge is 0.119 e. The van der Waals surface area contributed by atoms with E-state index in [-0.39, 0.29) is 10.7 Å². The van der Waals surface area contributed by atoms with Crippen molar-refractivity contribution in [3.8, 4) is 12.3 Å². The topological polar surface area (TPSA) is 0 Å². The van der Waals surface area contributed by atoms with Crippen LogP contribution in [-0.2, 0) is 5.41 Å². The SMILES string of the molecule is C#CC1SC=CC1(C)c1ccccc1. The van der Waals surface area contributed by atoms with Crippen LogP contribution in [0, 0.1) is 12.3 Å². The van der Waals surface area contributed by atoms with Gasteiger partial charge >= 0.3 is 0 Å². The second-order valence-corrected chi connectivity index (χ2v) is 4.65. The Balaban J connectivity index is 2.43. The molecule has 1 aliphatic heterocycles. The molecule has 2 unspecified atom stereocenters. The lowest BCUT2D eigenvalue weighted by molar-refractivity contribution is 0.639. The van der Waals surface area contributed by atoms with E-state index in [0.717, 1.165) is 0 Å². The molecule has 0 saturated heterocycles. The smallest absolute Gasteiger partial charge is 0.0824 e. The van der Waals surface area contributed by atoms with Gasteiger partial charge in [-0.2, -0.15) is 0 Å². The first-order valence-electron chi connectivity index (χ1n) is 4.62. The zero-order valence-corrected chi connectivity index (χ0v) is 8.92. The van der Waals surface area contributed by atoms with Crippen LogP contribution in [0.15, 0.2) is 41.8 Å². The standard InChI is InChI=1S/C13H12S/c1-3-12-13(2,9-10-14-12)11-7-5-4-6-8-11/h1,4-10,12H,2H3. The summed E-state index contributed by atoms with van der Waals surface area (Å²) in [4.78, 5) is 0. The number of rotatable bonds is 1. The second kappa shape index (κ2) is 3.55. The monoisotopic (exact) mass is 200 g/mol. The molecule has 0 spiro atoms. The highest BCUT2D eigenvalue weighted by Gasteiger charge is 2.35. The minimum atomic E-state index is 0.000671. The molecule has 14 heavy (non-hydrogen) atoms. The van der Waals surface area contributed by atoms with Crippen molar-refractivity contribution >= 4 is 11.8 Å². The van der Waals surface area contributed by atoms with E-state index in [1.54, 1.807) is 11.8 Å². The molecule has 0 saturated carbocycles. The molecule has 1 heterocycles. The zero-order valence-electron chi connectivity index (χ0n) is 8.10. The van der Waals surface area contributed by atoms with Gasteiger partial charge in [0.15, 0.2) is 0 Å². The molecule has 0 bridgehead atoms. The fourth-order valence-corrected chi connectivity index (χ4v) is 2.84. The normalized spacial score (nSPS) is 30.1. The summed E-state index contributed by atoms with van der Waals surface area (Å²) in [6, 6.07) is 10.4. The van der Waals surface area contributed by atoms with E-state index >= 15 is 0 Å². The van der Waals surface area contributed by atoms with Crippen molar-refractivity contribution in [2.45, 2.75) is 17.6 Å². The quantitative estimate of drug-likeness (QED) is 0.627. The maximum absolute atomic E-state index is 5.54. The molecular weight excluding hydrogens is 188 g/mol. The summed E-state index contributed by atoms with van der Waals surface area (Å²) < 4.78 is 0. The number of benzene rings is 1. The maximum Gasteiger partial charge on any atom is 0.0824 e. The van der Waals surface area contributed by atoms with Crippen molar-refractivity contribution < 1.29 is 0 Å². The number of hydrogen-bond acceptors (Lipinski definition) is 1. The van der Waals surface area contributed by atoms with Crippen molar-refractivity contribution in [2.24, 2.45) is 0 Å². The molecule has 1 aliphatic rings. The van der Waals surface area contributed by atoms with Gasteiger partial charge in [0.2, 0.25) is 0 Å². The summed E-state index contributed by atoms with van der Waals surface area (Å²) >= 11 is 1.73. The summed E-state index contributed by atoms with van der Waals surface area (Å²) in [6.07, 6.45) is 7.74. The molecule has 2 atom stereocenters. The van der Waals surface area contributed by atoms with E-state index in [0.29, 0.717) is 0 Å². The molecule has 1 aromatic carbocycles. The van der Waals surface area contributed by atoms with Crippen LogP contribution >= 0.6 is 11.8 Å². The third-order valence-electron chi connectivity index (χ3n) is 2.72. The molecule has 0 aromatic heterocycles. The molecule has 2 rings (SSSR count). The van der Waals surface area contributed by atoms with Gasteiger partial charge in [0, 0.05) is 5.41 Å². The highest BCUT2D eigenvalue weighted by atomic mass is 32.2. The molecule has 0 amide bonds. The summed E-state index contributed by atoms with van der Waals surface area (Å²) in [5.74, 6) is 2.85. The van der Waals surface area contributed by atoms with Crippen LogP contribution in [-0.4, -0.2) is 5.25 Å². The van der Waals surface area contributed by atoms with Crippen molar-refractivity contribution in [1.82, 2.24) is 0 Å². The van der Waals surface area contributed by atoms with Crippen LogP contribution < -0.4 is 0 Å². The summed E-state index contributed by atoms with van der Waals surface area (Å²) in [7, 11) is 0. The lowest BCUT2D eigenvalue weighted by Crippen LogP contribution is -2.28. The van der Waals surface area contributed by atoms with Crippen LogP contribution in [0.1, 0.15) is 12.5 Å². The Hall–Kier alpha value is -1.13. The van der Waals surface area contributed by atoms with Gasteiger partial charge in [-0.3, -0.25) is 0 Å². The molecule has 0 fully saturated rings. The van der Waals surface area contributed by atoms with Crippen LogP contribution in [0.25, 0.3) is 0 Å². The van der Waals surface area contributed by atoms with Gasteiger partial charge in [-0.25, -0.2) is 0 Å². The summed E-state index contributed by atoms with van der Waals surface area (Å²) in [5.41, 5.74) is 1.30. The summed E-state index contributed by atoms with van der Waals surface area (Å²) in [6.45, 7) is 2.20. The van der Waals surface area contributed by atoms with Crippen LogP contribution in [0.2, 0.25) is 0 Å². The predicted molar refractivity (Wildman–Crippen MR) is 63.1 cm³/mol. The van der Waals surface area contributed by atoms with Gasteiger partial charge in [0.25, 0.3) is 0 Å². The average molecular weight is 200 g/mol. The van der Waals surface area contributed by atoms with Crippen molar-refractivity contribution in [1.29, 1.82) is 0 Å². The Morgan fingerprint density at radius 1 is 1.36 bits per heavy atom. The van der Waals surface area contributed by atoms with Gasteiger partial charge in [-0.15, -0.1) is 18.2 Å². The van der Waals surface area contributed by atoms with E-state index in [1.165, 1.54) is 5.56 Å². The first-order chi connectivity index (χ1) is 6.77. The average Bonchev–Trinajstić information content (AvgIpc) is 2.62. The van der Waals surface area contributed by atoms with Gasteiger partial charge in [0.05, 0.1) is 5.25 Å². The summed E-state index contributed by atoms with van der Waals surface area (Å²) in [5, 5.41) is 2.34. The minimum Gasteiger partial charge on any atom is -0.119 e. The second-order valence-electron chi connectivity index (χ2n) is 3.63.